The Balaban J connectivity index is 2.31. The zero-order valence-corrected chi connectivity index (χ0v) is 16.0. The molecule has 0 atom stereocenters. The SMILES string of the molecule is CCCOc1ccccc1NC(=O)c1cc(S(=O)(=O)NCC)ccc1C. The lowest BCUT2D eigenvalue weighted by molar-refractivity contribution is 0.102. The fourth-order valence-corrected chi connectivity index (χ4v) is 3.45. The summed E-state index contributed by atoms with van der Waals surface area (Å²) in [5.74, 6) is 0.195. The molecular formula is C19H24N2O4S. The van der Waals surface area contributed by atoms with Gasteiger partial charge in [-0.3, -0.25) is 4.79 Å². The second-order valence-electron chi connectivity index (χ2n) is 5.78. The van der Waals surface area contributed by atoms with E-state index in [0.29, 0.717) is 29.2 Å². The van der Waals surface area contributed by atoms with Crippen LogP contribution < -0.4 is 14.8 Å². The van der Waals surface area contributed by atoms with E-state index in [1.807, 2.05) is 13.0 Å². The molecule has 0 aliphatic carbocycles. The fraction of sp³-hybridized carbons (Fsp3) is 0.316. The first-order chi connectivity index (χ1) is 12.4. The molecule has 0 heterocycles. The summed E-state index contributed by atoms with van der Waals surface area (Å²) in [6.45, 7) is 6.29. The van der Waals surface area contributed by atoms with Crippen LogP contribution in [0.2, 0.25) is 0 Å². The molecule has 2 N–H and O–H groups in total. The molecule has 2 rings (SSSR count). The number of carbonyl (C=O) groups is 1. The van der Waals surface area contributed by atoms with Gasteiger partial charge in [0, 0.05) is 12.1 Å². The van der Waals surface area contributed by atoms with Gasteiger partial charge < -0.3 is 10.1 Å². The number of sulfonamides is 1. The highest BCUT2D eigenvalue weighted by Gasteiger charge is 2.18. The molecule has 2 aromatic rings. The Morgan fingerprint density at radius 1 is 1.12 bits per heavy atom. The molecule has 0 unspecified atom stereocenters. The molecule has 2 aromatic carbocycles. The van der Waals surface area contributed by atoms with Gasteiger partial charge in [-0.1, -0.05) is 32.0 Å². The van der Waals surface area contributed by atoms with Crippen LogP contribution in [0.3, 0.4) is 0 Å². The lowest BCUT2D eigenvalue weighted by atomic mass is 10.1. The molecule has 1 amide bonds. The van der Waals surface area contributed by atoms with Gasteiger partial charge in [-0.2, -0.15) is 0 Å². The first kappa shape index (κ1) is 19.9. The van der Waals surface area contributed by atoms with E-state index in [0.717, 1.165) is 6.42 Å². The molecule has 26 heavy (non-hydrogen) atoms. The lowest BCUT2D eigenvalue weighted by Crippen LogP contribution is -2.24. The predicted octanol–water partition coefficient (Wildman–Crippen LogP) is 3.33. The standard InChI is InChI=1S/C19H24N2O4S/c1-4-12-25-18-9-7-6-8-17(18)21-19(22)16-13-15(11-10-14(16)3)26(23,24)20-5-2/h6-11,13,20H,4-5,12H2,1-3H3,(H,21,22). The van der Waals surface area contributed by atoms with E-state index in [2.05, 4.69) is 10.0 Å². The van der Waals surface area contributed by atoms with Crippen LogP contribution in [-0.4, -0.2) is 27.5 Å². The van der Waals surface area contributed by atoms with Gasteiger partial charge in [-0.15, -0.1) is 0 Å². The van der Waals surface area contributed by atoms with Crippen LogP contribution in [0.1, 0.15) is 36.2 Å². The molecule has 0 aliphatic rings. The van der Waals surface area contributed by atoms with Crippen molar-refractivity contribution in [2.75, 3.05) is 18.5 Å². The monoisotopic (exact) mass is 376 g/mol. The number of ether oxygens (including phenoxy) is 1. The Hall–Kier alpha value is -2.38. The van der Waals surface area contributed by atoms with Gasteiger partial charge in [-0.05, 0) is 43.2 Å². The molecule has 6 nitrogen and oxygen atoms in total. The predicted molar refractivity (Wildman–Crippen MR) is 102 cm³/mol. The number of nitrogens with one attached hydrogen (secondary N) is 2. The zero-order valence-electron chi connectivity index (χ0n) is 15.2. The largest absolute Gasteiger partial charge is 0.491 e. The van der Waals surface area contributed by atoms with Gasteiger partial charge in [0.2, 0.25) is 10.0 Å². The van der Waals surface area contributed by atoms with Crippen molar-refractivity contribution in [2.24, 2.45) is 0 Å². The molecule has 0 spiro atoms. The van der Waals surface area contributed by atoms with Crippen molar-refractivity contribution >= 4 is 21.6 Å². The van der Waals surface area contributed by atoms with Gasteiger partial charge in [0.15, 0.2) is 0 Å². The zero-order chi connectivity index (χ0) is 19.2. The highest BCUT2D eigenvalue weighted by atomic mass is 32.2. The van der Waals surface area contributed by atoms with Crippen molar-refractivity contribution < 1.29 is 17.9 Å². The number of para-hydroxylation sites is 2. The molecular weight excluding hydrogens is 352 g/mol. The van der Waals surface area contributed by atoms with Crippen molar-refractivity contribution in [3.8, 4) is 5.75 Å². The number of anilines is 1. The average molecular weight is 376 g/mol. The van der Waals surface area contributed by atoms with Crippen LogP contribution in [0.15, 0.2) is 47.4 Å². The van der Waals surface area contributed by atoms with Crippen molar-refractivity contribution in [1.82, 2.24) is 4.72 Å². The van der Waals surface area contributed by atoms with E-state index in [9.17, 15) is 13.2 Å². The first-order valence-corrected chi connectivity index (χ1v) is 10.0. The van der Waals surface area contributed by atoms with Crippen LogP contribution in [0, 0.1) is 6.92 Å². The minimum atomic E-state index is -3.63. The van der Waals surface area contributed by atoms with E-state index in [-0.39, 0.29) is 17.3 Å². The Morgan fingerprint density at radius 2 is 1.85 bits per heavy atom. The third-order valence-corrected chi connectivity index (χ3v) is 5.24. The molecule has 140 valence electrons. The summed E-state index contributed by atoms with van der Waals surface area (Å²) in [6, 6.07) is 11.7. The number of aryl methyl sites for hydroxylation is 1. The normalized spacial score (nSPS) is 11.2. The van der Waals surface area contributed by atoms with E-state index in [4.69, 9.17) is 4.74 Å². The maximum absolute atomic E-state index is 12.7. The quantitative estimate of drug-likeness (QED) is 0.740. The minimum Gasteiger partial charge on any atom is -0.491 e. The van der Waals surface area contributed by atoms with E-state index in [1.54, 1.807) is 38.1 Å². The van der Waals surface area contributed by atoms with Crippen molar-refractivity contribution in [3.05, 3.63) is 53.6 Å². The van der Waals surface area contributed by atoms with Gasteiger partial charge in [-0.25, -0.2) is 13.1 Å². The van der Waals surface area contributed by atoms with Gasteiger partial charge in [0.25, 0.3) is 5.91 Å². The average Bonchev–Trinajstić information content (AvgIpc) is 2.61. The van der Waals surface area contributed by atoms with Crippen LogP contribution in [0.4, 0.5) is 5.69 Å². The second kappa shape index (κ2) is 8.82. The second-order valence-corrected chi connectivity index (χ2v) is 7.54. The molecule has 0 radical (unpaired) electrons. The highest BCUT2D eigenvalue weighted by Crippen LogP contribution is 2.25. The molecule has 0 bridgehead atoms. The number of benzene rings is 2. The van der Waals surface area contributed by atoms with Crippen LogP contribution in [-0.2, 0) is 10.0 Å². The molecule has 0 aromatic heterocycles. The fourth-order valence-electron chi connectivity index (χ4n) is 2.38. The summed E-state index contributed by atoms with van der Waals surface area (Å²) in [7, 11) is -3.63. The van der Waals surface area contributed by atoms with Crippen molar-refractivity contribution in [1.29, 1.82) is 0 Å². The number of amides is 1. The Morgan fingerprint density at radius 3 is 2.54 bits per heavy atom. The molecule has 7 heteroatoms. The lowest BCUT2D eigenvalue weighted by Gasteiger charge is -2.13. The molecule has 0 saturated heterocycles. The topological polar surface area (TPSA) is 84.5 Å². The molecule has 0 fully saturated rings. The maximum atomic E-state index is 12.7. The molecule has 0 aliphatic heterocycles. The summed E-state index contributed by atoms with van der Waals surface area (Å²) < 4.78 is 32.4. The van der Waals surface area contributed by atoms with E-state index >= 15 is 0 Å². The summed E-state index contributed by atoms with van der Waals surface area (Å²) >= 11 is 0. The number of carbonyl (C=O) groups excluding carboxylic acids is 1. The highest BCUT2D eigenvalue weighted by molar-refractivity contribution is 7.89. The van der Waals surface area contributed by atoms with Gasteiger partial charge in [0.05, 0.1) is 17.2 Å². The number of hydrogen-bond acceptors (Lipinski definition) is 4. The summed E-state index contributed by atoms with van der Waals surface area (Å²) in [4.78, 5) is 12.8. The summed E-state index contributed by atoms with van der Waals surface area (Å²) in [5.41, 5.74) is 1.53. The molecule has 0 saturated carbocycles. The first-order valence-electron chi connectivity index (χ1n) is 8.52. The minimum absolute atomic E-state index is 0.0608. The van der Waals surface area contributed by atoms with Crippen LogP contribution >= 0.6 is 0 Å². The third-order valence-electron chi connectivity index (χ3n) is 3.70. The van der Waals surface area contributed by atoms with Crippen LogP contribution in [0.5, 0.6) is 5.75 Å². The third kappa shape index (κ3) is 4.83. The van der Waals surface area contributed by atoms with E-state index in [1.165, 1.54) is 12.1 Å². The summed E-state index contributed by atoms with van der Waals surface area (Å²) in [5, 5.41) is 2.81. The Labute approximate surface area is 154 Å². The number of rotatable bonds is 8. The van der Waals surface area contributed by atoms with Crippen molar-refractivity contribution in [2.45, 2.75) is 32.1 Å². The van der Waals surface area contributed by atoms with Gasteiger partial charge >= 0.3 is 0 Å². The Kier molecular flexibility index (Phi) is 6.76. The summed E-state index contributed by atoms with van der Waals surface area (Å²) in [6.07, 6.45) is 0.853. The Bertz CT molecular complexity index is 879. The van der Waals surface area contributed by atoms with Crippen molar-refractivity contribution in [3.63, 3.8) is 0 Å². The number of hydrogen-bond donors (Lipinski definition) is 2. The maximum Gasteiger partial charge on any atom is 0.256 e. The smallest absolute Gasteiger partial charge is 0.256 e. The van der Waals surface area contributed by atoms with Crippen LogP contribution in [0.25, 0.3) is 0 Å². The van der Waals surface area contributed by atoms with Gasteiger partial charge in [0.1, 0.15) is 5.75 Å². The van der Waals surface area contributed by atoms with E-state index < -0.39 is 10.0 Å².